The van der Waals surface area contributed by atoms with Crippen molar-refractivity contribution in [3.8, 4) is 0 Å². The number of thiophene rings is 1. The van der Waals surface area contributed by atoms with E-state index in [0.717, 1.165) is 22.6 Å². The van der Waals surface area contributed by atoms with Crippen molar-refractivity contribution in [2.75, 3.05) is 12.1 Å². The molecule has 0 saturated heterocycles. The van der Waals surface area contributed by atoms with Gasteiger partial charge in [-0.25, -0.2) is 15.0 Å². The van der Waals surface area contributed by atoms with Crippen LogP contribution in [0, 0.1) is 0 Å². The Labute approximate surface area is 133 Å². The molecule has 2 aromatic heterocycles. The number of fused-ring (bicyclic) bond motifs is 3. The topological polar surface area (TPSA) is 38.2 Å². The molecule has 0 N–H and O–H groups in total. The molecule has 0 aliphatic heterocycles. The van der Waals surface area contributed by atoms with Crippen LogP contribution in [-0.4, -0.2) is 17.0 Å². The van der Waals surface area contributed by atoms with Crippen molar-refractivity contribution < 1.29 is 4.84 Å². The third-order valence-corrected chi connectivity index (χ3v) is 5.25. The van der Waals surface area contributed by atoms with Crippen molar-refractivity contribution in [1.82, 2.24) is 9.97 Å². The first kappa shape index (κ1) is 13.7. The molecule has 4 rings (SSSR count). The predicted molar refractivity (Wildman–Crippen MR) is 89.1 cm³/mol. The third-order valence-electron chi connectivity index (χ3n) is 4.05. The third kappa shape index (κ3) is 2.36. The molecule has 0 unspecified atom stereocenters. The first-order chi connectivity index (χ1) is 10.8. The van der Waals surface area contributed by atoms with Crippen molar-refractivity contribution >= 4 is 27.4 Å². The number of anilines is 1. The lowest BCUT2D eigenvalue weighted by Gasteiger charge is -2.18. The van der Waals surface area contributed by atoms with Gasteiger partial charge in [0.25, 0.3) is 0 Å². The van der Waals surface area contributed by atoms with Gasteiger partial charge in [-0.2, -0.15) is 0 Å². The highest BCUT2D eigenvalue weighted by atomic mass is 32.1. The first-order valence-electron chi connectivity index (χ1n) is 7.49. The zero-order valence-electron chi connectivity index (χ0n) is 12.5. The second-order valence-corrected chi connectivity index (χ2v) is 6.57. The van der Waals surface area contributed by atoms with Crippen molar-refractivity contribution in [3.63, 3.8) is 0 Å². The average molecular weight is 311 g/mol. The highest BCUT2D eigenvalue weighted by molar-refractivity contribution is 7.19. The van der Waals surface area contributed by atoms with Gasteiger partial charge in [0.15, 0.2) is 5.82 Å². The van der Waals surface area contributed by atoms with Gasteiger partial charge in [0.1, 0.15) is 11.2 Å². The normalized spacial score (nSPS) is 13.5. The number of hydrogen-bond donors (Lipinski definition) is 0. The fourth-order valence-electron chi connectivity index (χ4n) is 2.96. The highest BCUT2D eigenvalue weighted by Crippen LogP contribution is 2.39. The zero-order chi connectivity index (χ0) is 14.9. The van der Waals surface area contributed by atoms with E-state index in [2.05, 4.69) is 22.1 Å². The van der Waals surface area contributed by atoms with E-state index in [1.54, 1.807) is 22.7 Å². The van der Waals surface area contributed by atoms with Gasteiger partial charge in [-0.1, -0.05) is 30.3 Å². The maximum atomic E-state index is 5.90. The Balaban J connectivity index is 1.63. The minimum absolute atomic E-state index is 0.537. The van der Waals surface area contributed by atoms with Crippen LogP contribution < -0.4 is 5.06 Å². The molecular formula is C17H17N3OS. The van der Waals surface area contributed by atoms with E-state index >= 15 is 0 Å². The van der Waals surface area contributed by atoms with Gasteiger partial charge in [0, 0.05) is 11.9 Å². The number of hydroxylamine groups is 1. The van der Waals surface area contributed by atoms with Crippen LogP contribution in [-0.2, 0) is 24.3 Å². The summed E-state index contributed by atoms with van der Waals surface area (Å²) < 4.78 is 0. The molecule has 22 heavy (non-hydrogen) atoms. The monoisotopic (exact) mass is 311 g/mol. The fourth-order valence-corrected chi connectivity index (χ4v) is 4.18. The number of aryl methyl sites for hydroxylation is 2. The molecule has 0 spiro atoms. The Hall–Kier alpha value is -1.98. The smallest absolute Gasteiger partial charge is 0.164 e. The lowest BCUT2D eigenvalue weighted by molar-refractivity contribution is 0.107. The molecule has 3 aromatic rings. The molecule has 0 amide bonds. The Morgan fingerprint density at radius 1 is 1.18 bits per heavy atom. The zero-order valence-corrected chi connectivity index (χ0v) is 13.3. The van der Waals surface area contributed by atoms with E-state index in [0.29, 0.717) is 6.61 Å². The van der Waals surface area contributed by atoms with E-state index in [4.69, 9.17) is 4.84 Å². The summed E-state index contributed by atoms with van der Waals surface area (Å²) in [5, 5.41) is 2.96. The second kappa shape index (κ2) is 5.66. The van der Waals surface area contributed by atoms with Gasteiger partial charge in [0.2, 0.25) is 0 Å². The first-order valence-corrected chi connectivity index (χ1v) is 8.30. The standard InChI is InChI=1S/C17H17N3OS/c1-20(21-10-12-6-3-2-4-7-12)16-15-13-8-5-9-14(13)22-17(15)19-11-18-16/h2-4,6-7,11H,5,8-10H2,1H3. The summed E-state index contributed by atoms with van der Waals surface area (Å²) in [4.78, 5) is 17.3. The molecule has 0 saturated carbocycles. The van der Waals surface area contributed by atoms with Crippen LogP contribution >= 0.6 is 11.3 Å². The van der Waals surface area contributed by atoms with Gasteiger partial charge in [-0.3, -0.25) is 4.84 Å². The van der Waals surface area contributed by atoms with Gasteiger partial charge < -0.3 is 0 Å². The largest absolute Gasteiger partial charge is 0.267 e. The van der Waals surface area contributed by atoms with E-state index in [9.17, 15) is 0 Å². The fraction of sp³-hybridized carbons (Fsp3) is 0.294. The minimum Gasteiger partial charge on any atom is -0.267 e. The molecule has 5 heteroatoms. The summed E-state index contributed by atoms with van der Waals surface area (Å²) in [6.45, 7) is 0.537. The van der Waals surface area contributed by atoms with E-state index in [-0.39, 0.29) is 0 Å². The maximum Gasteiger partial charge on any atom is 0.164 e. The van der Waals surface area contributed by atoms with Gasteiger partial charge in [-0.15, -0.1) is 11.3 Å². The van der Waals surface area contributed by atoms with Crippen LogP contribution in [0.1, 0.15) is 22.4 Å². The van der Waals surface area contributed by atoms with Crippen LogP contribution in [0.25, 0.3) is 10.2 Å². The van der Waals surface area contributed by atoms with Crippen molar-refractivity contribution in [2.45, 2.75) is 25.9 Å². The number of rotatable bonds is 4. The molecule has 4 nitrogen and oxygen atoms in total. The van der Waals surface area contributed by atoms with E-state index in [1.165, 1.54) is 28.7 Å². The summed E-state index contributed by atoms with van der Waals surface area (Å²) in [6, 6.07) is 10.2. The summed E-state index contributed by atoms with van der Waals surface area (Å²) in [6.07, 6.45) is 5.17. The Kier molecular flexibility index (Phi) is 3.52. The molecule has 1 aromatic carbocycles. The molecule has 0 radical (unpaired) electrons. The molecular weight excluding hydrogens is 294 g/mol. The van der Waals surface area contributed by atoms with Crippen molar-refractivity contribution in [1.29, 1.82) is 0 Å². The Morgan fingerprint density at radius 3 is 2.91 bits per heavy atom. The molecule has 2 heterocycles. The van der Waals surface area contributed by atoms with Crippen LogP contribution in [0.4, 0.5) is 5.82 Å². The molecule has 1 aliphatic carbocycles. The number of nitrogens with zero attached hydrogens (tertiary/aromatic N) is 3. The van der Waals surface area contributed by atoms with Crippen LogP contribution in [0.2, 0.25) is 0 Å². The van der Waals surface area contributed by atoms with Crippen LogP contribution in [0.5, 0.6) is 0 Å². The van der Waals surface area contributed by atoms with Crippen LogP contribution in [0.15, 0.2) is 36.7 Å². The Morgan fingerprint density at radius 2 is 2.05 bits per heavy atom. The molecule has 0 bridgehead atoms. The van der Waals surface area contributed by atoms with Crippen molar-refractivity contribution in [3.05, 3.63) is 52.7 Å². The van der Waals surface area contributed by atoms with Crippen LogP contribution in [0.3, 0.4) is 0 Å². The molecule has 0 atom stereocenters. The van der Waals surface area contributed by atoms with Gasteiger partial charge >= 0.3 is 0 Å². The average Bonchev–Trinajstić information content (AvgIpc) is 3.14. The van der Waals surface area contributed by atoms with Gasteiger partial charge in [0.05, 0.1) is 12.0 Å². The highest BCUT2D eigenvalue weighted by Gasteiger charge is 2.22. The van der Waals surface area contributed by atoms with E-state index in [1.807, 2.05) is 25.2 Å². The quantitative estimate of drug-likeness (QED) is 0.688. The Bertz CT molecular complexity index is 800. The summed E-state index contributed by atoms with van der Waals surface area (Å²) >= 11 is 1.80. The lowest BCUT2D eigenvalue weighted by Crippen LogP contribution is -2.19. The van der Waals surface area contributed by atoms with Gasteiger partial charge in [-0.05, 0) is 30.4 Å². The molecule has 1 aliphatic rings. The number of hydrogen-bond acceptors (Lipinski definition) is 5. The number of benzene rings is 1. The van der Waals surface area contributed by atoms with Crippen molar-refractivity contribution in [2.24, 2.45) is 0 Å². The summed E-state index contributed by atoms with van der Waals surface area (Å²) in [5.74, 6) is 0.875. The maximum absolute atomic E-state index is 5.90. The molecule has 0 fully saturated rings. The SMILES string of the molecule is CN(OCc1ccccc1)c1ncnc2sc3c(c12)CCC3. The van der Waals surface area contributed by atoms with E-state index < -0.39 is 0 Å². The minimum atomic E-state index is 0.537. The predicted octanol–water partition coefficient (Wildman–Crippen LogP) is 3.75. The number of aromatic nitrogens is 2. The molecule has 112 valence electrons. The lowest BCUT2D eigenvalue weighted by atomic mass is 10.2. The second-order valence-electron chi connectivity index (χ2n) is 5.49. The summed E-state index contributed by atoms with van der Waals surface area (Å²) in [7, 11) is 1.92. The summed E-state index contributed by atoms with van der Waals surface area (Å²) in [5.41, 5.74) is 2.57.